The van der Waals surface area contributed by atoms with Crippen LogP contribution in [0.1, 0.15) is 47.9 Å². The number of nitrogens with zero attached hydrogens (tertiary/aromatic N) is 2. The molecule has 0 bridgehead atoms. The molecule has 49 heavy (non-hydrogen) atoms. The molecule has 4 aromatic heterocycles. The van der Waals surface area contributed by atoms with Crippen LogP contribution in [0.2, 0.25) is 0 Å². The van der Waals surface area contributed by atoms with Crippen LogP contribution in [0.5, 0.6) is 0 Å². The number of benzene rings is 4. The Bertz CT molecular complexity index is 2400. The molecule has 1 radical (unpaired) electrons. The zero-order valence-corrected chi connectivity index (χ0v) is 32.1. The van der Waals surface area contributed by atoms with Crippen LogP contribution in [0.3, 0.4) is 0 Å². The minimum absolute atomic E-state index is 0. The monoisotopic (exact) mass is 835 g/mol. The first-order valence-electron chi connectivity index (χ1n) is 16.3. The van der Waals surface area contributed by atoms with Crippen LogP contribution in [-0.4, -0.2) is 9.97 Å². The summed E-state index contributed by atoms with van der Waals surface area (Å²) in [6.07, 6.45) is 3.92. The van der Waals surface area contributed by atoms with E-state index in [1.807, 2.05) is 67.1 Å². The molecular formula is C44H38IrN2OS-2. The average Bonchev–Trinajstić information content (AvgIpc) is 3.65. The van der Waals surface area contributed by atoms with Crippen molar-refractivity contribution in [3.63, 3.8) is 0 Å². The van der Waals surface area contributed by atoms with Gasteiger partial charge >= 0.3 is 0 Å². The van der Waals surface area contributed by atoms with Crippen molar-refractivity contribution in [1.82, 2.24) is 9.97 Å². The van der Waals surface area contributed by atoms with E-state index >= 15 is 0 Å². The van der Waals surface area contributed by atoms with Gasteiger partial charge in [-0.3, -0.25) is 0 Å². The normalized spacial score (nSPS) is 11.4. The molecule has 0 saturated carbocycles. The predicted molar refractivity (Wildman–Crippen MR) is 203 cm³/mol. The van der Waals surface area contributed by atoms with Gasteiger partial charge in [0, 0.05) is 47.5 Å². The summed E-state index contributed by atoms with van der Waals surface area (Å²) in [6, 6.07) is 37.9. The fraction of sp³-hybridized carbons (Fsp3) is 0.182. The molecule has 4 aromatic carbocycles. The summed E-state index contributed by atoms with van der Waals surface area (Å²) in [5.74, 6) is 0. The van der Waals surface area contributed by atoms with Crippen molar-refractivity contribution in [2.24, 2.45) is 0 Å². The first kappa shape index (κ1) is 34.5. The van der Waals surface area contributed by atoms with E-state index in [0.717, 1.165) is 39.1 Å². The van der Waals surface area contributed by atoms with E-state index in [-0.39, 0.29) is 25.5 Å². The van der Waals surface area contributed by atoms with Gasteiger partial charge in [-0.2, -0.15) is 0 Å². The Hall–Kier alpha value is -4.41. The van der Waals surface area contributed by atoms with E-state index in [1.54, 1.807) is 0 Å². The summed E-state index contributed by atoms with van der Waals surface area (Å²) in [7, 11) is 0. The van der Waals surface area contributed by atoms with Gasteiger partial charge in [0.2, 0.25) is 0 Å². The quantitative estimate of drug-likeness (QED) is 0.166. The number of thiophene rings is 1. The number of fused-ring (bicyclic) bond motifs is 5. The first-order chi connectivity index (χ1) is 23.1. The molecule has 0 atom stereocenters. The van der Waals surface area contributed by atoms with Crippen molar-refractivity contribution in [3.05, 3.63) is 143 Å². The molecule has 0 spiro atoms. The second-order valence-electron chi connectivity index (χ2n) is 13.5. The Morgan fingerprint density at radius 2 is 1.51 bits per heavy atom. The maximum Gasteiger partial charge on any atom is 0.122 e. The number of hydrogen-bond acceptors (Lipinski definition) is 4. The summed E-state index contributed by atoms with van der Waals surface area (Å²) < 4.78 is 7.76. The van der Waals surface area contributed by atoms with Crippen LogP contribution in [0.4, 0.5) is 0 Å². The van der Waals surface area contributed by atoms with E-state index in [2.05, 4.69) is 113 Å². The molecule has 0 unspecified atom stereocenters. The Morgan fingerprint density at radius 1 is 0.735 bits per heavy atom. The summed E-state index contributed by atoms with van der Waals surface area (Å²) in [6.45, 7) is 15.3. The fourth-order valence-electron chi connectivity index (χ4n) is 6.46. The van der Waals surface area contributed by atoms with E-state index in [0.29, 0.717) is 0 Å². The number of pyridine rings is 2. The third-order valence-corrected chi connectivity index (χ3v) is 9.90. The molecule has 0 amide bonds. The largest absolute Gasteiger partial charge is 0.501 e. The molecule has 247 valence electrons. The standard InChI is InChI=1S/C32H28NOS.C12H10N.Ir/c1-18-9-7-10-19(2)28(18)24-16-26(33-17-25(24)32(4,5)6)22-11-8-12-23-29-27(34-30(22)23)14-13-21-15-20(3)35-31(21)29;1-10-7-8-12(13-9-10)11-5-3-2-4-6-11;/h7-10,12-17H,1-6H3;2-5,7-9H,1H3;/q2*-1;. The van der Waals surface area contributed by atoms with Gasteiger partial charge in [-0.15, -0.1) is 65.4 Å². The average molecular weight is 835 g/mol. The Balaban J connectivity index is 0.000000250. The summed E-state index contributed by atoms with van der Waals surface area (Å²) >= 11 is 1.82. The molecule has 0 saturated heterocycles. The van der Waals surface area contributed by atoms with Crippen molar-refractivity contribution in [2.45, 2.75) is 53.9 Å². The van der Waals surface area contributed by atoms with Crippen LogP contribution in [-0.2, 0) is 25.5 Å². The van der Waals surface area contributed by atoms with Gasteiger partial charge in [0.1, 0.15) is 5.58 Å². The van der Waals surface area contributed by atoms with Gasteiger partial charge in [0.05, 0.1) is 5.58 Å². The van der Waals surface area contributed by atoms with Gasteiger partial charge in [0.25, 0.3) is 0 Å². The van der Waals surface area contributed by atoms with Gasteiger partial charge in [-0.1, -0.05) is 68.1 Å². The van der Waals surface area contributed by atoms with Gasteiger partial charge in [-0.25, -0.2) is 0 Å². The topological polar surface area (TPSA) is 38.9 Å². The zero-order valence-electron chi connectivity index (χ0n) is 28.9. The molecule has 0 N–H and O–H groups in total. The number of rotatable bonds is 3. The maximum absolute atomic E-state index is 6.48. The number of aryl methyl sites for hydroxylation is 4. The minimum Gasteiger partial charge on any atom is -0.501 e. The maximum atomic E-state index is 6.48. The summed E-state index contributed by atoms with van der Waals surface area (Å²) in [5, 5.41) is 3.57. The molecule has 0 aliphatic carbocycles. The first-order valence-corrected chi connectivity index (χ1v) is 17.1. The molecule has 0 fully saturated rings. The second-order valence-corrected chi connectivity index (χ2v) is 14.8. The number of aromatic nitrogens is 2. The van der Waals surface area contributed by atoms with E-state index < -0.39 is 0 Å². The number of furan rings is 1. The number of hydrogen-bond donors (Lipinski definition) is 0. The Morgan fingerprint density at radius 3 is 2.20 bits per heavy atom. The fourth-order valence-corrected chi connectivity index (χ4v) is 7.52. The second kappa shape index (κ2) is 13.8. The van der Waals surface area contributed by atoms with Crippen LogP contribution in [0, 0.1) is 39.8 Å². The van der Waals surface area contributed by atoms with Gasteiger partial charge < -0.3 is 14.4 Å². The molecule has 0 aliphatic rings. The third kappa shape index (κ3) is 6.76. The predicted octanol–water partition coefficient (Wildman–Crippen LogP) is 12.4. The molecule has 5 heteroatoms. The van der Waals surface area contributed by atoms with E-state index in [9.17, 15) is 0 Å². The van der Waals surface area contributed by atoms with E-state index in [1.165, 1.54) is 53.7 Å². The zero-order chi connectivity index (χ0) is 33.6. The SMILES string of the molecule is Cc1cc2ccc3oc4c(-c5cc(-c6c(C)cccc6C)c(C(C)(C)C)cn5)[c-]ccc4c3c2s1.Cc1ccc(-c2[c-]cccc2)nc1.[Ir]. The van der Waals surface area contributed by atoms with Crippen molar-refractivity contribution in [2.75, 3.05) is 0 Å². The van der Waals surface area contributed by atoms with E-state index in [4.69, 9.17) is 9.40 Å². The van der Waals surface area contributed by atoms with Crippen molar-refractivity contribution in [1.29, 1.82) is 0 Å². The molecule has 3 nitrogen and oxygen atoms in total. The summed E-state index contributed by atoms with van der Waals surface area (Å²) in [5.41, 5.74) is 13.0. The molecular weight excluding hydrogens is 797 g/mol. The minimum atomic E-state index is -0.0344. The van der Waals surface area contributed by atoms with Crippen LogP contribution in [0.15, 0.2) is 108 Å². The van der Waals surface area contributed by atoms with Crippen LogP contribution in [0.25, 0.3) is 65.7 Å². The molecule has 4 heterocycles. The summed E-state index contributed by atoms with van der Waals surface area (Å²) in [4.78, 5) is 10.6. The molecule has 0 aliphatic heterocycles. The molecule has 8 rings (SSSR count). The van der Waals surface area contributed by atoms with Crippen molar-refractivity contribution >= 4 is 43.4 Å². The van der Waals surface area contributed by atoms with Crippen LogP contribution < -0.4 is 0 Å². The van der Waals surface area contributed by atoms with Crippen molar-refractivity contribution in [3.8, 4) is 33.6 Å². The van der Waals surface area contributed by atoms with Gasteiger partial charge in [0.15, 0.2) is 0 Å². The smallest absolute Gasteiger partial charge is 0.122 e. The Labute approximate surface area is 306 Å². The molecule has 8 aromatic rings. The third-order valence-electron chi connectivity index (χ3n) is 8.82. The van der Waals surface area contributed by atoms with Gasteiger partial charge in [-0.05, 0) is 101 Å². The van der Waals surface area contributed by atoms with Crippen LogP contribution >= 0.6 is 11.3 Å². The van der Waals surface area contributed by atoms with Crippen molar-refractivity contribution < 1.29 is 24.5 Å². The Kier molecular flexibility index (Phi) is 9.73.